The third-order valence-corrected chi connectivity index (χ3v) is 5.54. The van der Waals surface area contributed by atoms with Crippen LogP contribution in [0.1, 0.15) is 45.6 Å². The van der Waals surface area contributed by atoms with E-state index >= 15 is 0 Å². The summed E-state index contributed by atoms with van der Waals surface area (Å²) in [6.07, 6.45) is 0.569. The Bertz CT molecular complexity index is 906. The Morgan fingerprint density at radius 3 is 2.40 bits per heavy atom. The van der Waals surface area contributed by atoms with Crippen molar-refractivity contribution in [3.05, 3.63) is 35.9 Å². The van der Waals surface area contributed by atoms with Gasteiger partial charge in [0.15, 0.2) is 0 Å². The molecule has 0 unspecified atom stereocenters. The van der Waals surface area contributed by atoms with Crippen LogP contribution in [0.2, 0.25) is 0 Å². The Morgan fingerprint density at radius 2 is 1.77 bits per heavy atom. The molecule has 1 aromatic rings. The number of likely N-dealkylation sites (tertiary alicyclic amines) is 1. The minimum atomic E-state index is -1.18. The Morgan fingerprint density at radius 1 is 1.09 bits per heavy atom. The van der Waals surface area contributed by atoms with Gasteiger partial charge in [-0.05, 0) is 37.7 Å². The van der Waals surface area contributed by atoms with E-state index in [4.69, 9.17) is 9.84 Å². The van der Waals surface area contributed by atoms with Crippen molar-refractivity contribution >= 4 is 29.8 Å². The van der Waals surface area contributed by atoms with Gasteiger partial charge in [0.2, 0.25) is 17.7 Å². The molecule has 192 valence electrons. The van der Waals surface area contributed by atoms with Crippen molar-refractivity contribution in [2.24, 2.45) is 5.92 Å². The van der Waals surface area contributed by atoms with E-state index < -0.39 is 47.9 Å². The Labute approximate surface area is 204 Å². The zero-order valence-electron chi connectivity index (χ0n) is 20.3. The highest BCUT2D eigenvalue weighted by molar-refractivity contribution is 5.94. The maximum absolute atomic E-state index is 13.0. The second kappa shape index (κ2) is 13.3. The van der Waals surface area contributed by atoms with Gasteiger partial charge in [-0.15, -0.1) is 0 Å². The summed E-state index contributed by atoms with van der Waals surface area (Å²) < 4.78 is 5.09. The SMILES string of the molecule is CC(C)C[C@H](NC(=O)[C@@H]1CCCN1C(=O)CNC(=O)OCc1ccccc1)C(=O)N[C@@H](C)C(=O)O. The van der Waals surface area contributed by atoms with Gasteiger partial charge in [0.25, 0.3) is 0 Å². The van der Waals surface area contributed by atoms with Gasteiger partial charge >= 0.3 is 12.1 Å². The Balaban J connectivity index is 1.90. The molecule has 1 aliphatic heterocycles. The summed E-state index contributed by atoms with van der Waals surface area (Å²) in [5.74, 6) is -2.66. The number of carboxylic acids is 1. The zero-order valence-corrected chi connectivity index (χ0v) is 20.3. The van der Waals surface area contributed by atoms with E-state index in [1.165, 1.54) is 11.8 Å². The smallest absolute Gasteiger partial charge is 0.407 e. The normalized spacial score (nSPS) is 16.8. The van der Waals surface area contributed by atoms with Gasteiger partial charge in [-0.25, -0.2) is 4.79 Å². The number of alkyl carbamates (subject to hydrolysis) is 1. The van der Waals surface area contributed by atoms with Crippen molar-refractivity contribution in [1.29, 1.82) is 0 Å². The molecule has 4 amide bonds. The number of carboxylic acid groups (broad SMARTS) is 1. The number of nitrogens with zero attached hydrogens (tertiary/aromatic N) is 1. The summed E-state index contributed by atoms with van der Waals surface area (Å²) in [7, 11) is 0. The van der Waals surface area contributed by atoms with Crippen LogP contribution in [0.25, 0.3) is 0 Å². The van der Waals surface area contributed by atoms with Crippen LogP contribution < -0.4 is 16.0 Å². The van der Waals surface area contributed by atoms with Crippen LogP contribution in [0.4, 0.5) is 4.79 Å². The molecule has 1 aromatic carbocycles. The third kappa shape index (κ3) is 8.91. The first-order valence-corrected chi connectivity index (χ1v) is 11.7. The number of aliphatic carboxylic acids is 1. The highest BCUT2D eigenvalue weighted by Crippen LogP contribution is 2.18. The monoisotopic (exact) mass is 490 g/mol. The Hall–Kier alpha value is -3.63. The van der Waals surface area contributed by atoms with Crippen molar-refractivity contribution < 1.29 is 33.8 Å². The summed E-state index contributed by atoms with van der Waals surface area (Å²) in [6.45, 7) is 5.17. The number of carbonyl (C=O) groups is 5. The van der Waals surface area contributed by atoms with E-state index in [1.54, 1.807) is 12.1 Å². The molecule has 0 aliphatic carbocycles. The summed E-state index contributed by atoms with van der Waals surface area (Å²) in [6, 6.07) is 6.27. The number of rotatable bonds is 11. The quantitative estimate of drug-likeness (QED) is 0.361. The van der Waals surface area contributed by atoms with Crippen LogP contribution in [0.3, 0.4) is 0 Å². The summed E-state index contributed by atoms with van der Waals surface area (Å²) in [5, 5.41) is 16.5. The summed E-state index contributed by atoms with van der Waals surface area (Å²) in [4.78, 5) is 62.6. The van der Waals surface area contributed by atoms with Gasteiger partial charge in [0.05, 0.1) is 0 Å². The molecule has 11 nitrogen and oxygen atoms in total. The first-order chi connectivity index (χ1) is 16.6. The molecule has 4 N–H and O–H groups in total. The molecular weight excluding hydrogens is 456 g/mol. The van der Waals surface area contributed by atoms with Gasteiger partial charge < -0.3 is 30.7 Å². The van der Waals surface area contributed by atoms with E-state index in [0.717, 1.165) is 5.56 Å². The topological polar surface area (TPSA) is 154 Å². The largest absolute Gasteiger partial charge is 0.480 e. The van der Waals surface area contributed by atoms with Crippen LogP contribution >= 0.6 is 0 Å². The molecule has 35 heavy (non-hydrogen) atoms. The van der Waals surface area contributed by atoms with Gasteiger partial charge in [0, 0.05) is 6.54 Å². The maximum Gasteiger partial charge on any atom is 0.407 e. The van der Waals surface area contributed by atoms with Gasteiger partial charge in [0.1, 0.15) is 31.3 Å². The van der Waals surface area contributed by atoms with E-state index in [9.17, 15) is 24.0 Å². The van der Waals surface area contributed by atoms with E-state index in [2.05, 4.69) is 16.0 Å². The van der Waals surface area contributed by atoms with E-state index in [-0.39, 0.29) is 19.1 Å². The molecule has 2 rings (SSSR count). The van der Waals surface area contributed by atoms with Crippen LogP contribution in [-0.4, -0.2) is 71.0 Å². The third-order valence-electron chi connectivity index (χ3n) is 5.54. The van der Waals surface area contributed by atoms with Gasteiger partial charge in [-0.2, -0.15) is 0 Å². The second-order valence-corrected chi connectivity index (χ2v) is 8.92. The lowest BCUT2D eigenvalue weighted by Gasteiger charge is -2.27. The van der Waals surface area contributed by atoms with Crippen molar-refractivity contribution in [1.82, 2.24) is 20.9 Å². The van der Waals surface area contributed by atoms with Crippen LogP contribution in [0, 0.1) is 5.92 Å². The van der Waals surface area contributed by atoms with Crippen molar-refractivity contribution in [2.75, 3.05) is 13.1 Å². The molecule has 11 heteroatoms. The molecule has 1 aliphatic rings. The lowest BCUT2D eigenvalue weighted by molar-refractivity contribution is -0.142. The highest BCUT2D eigenvalue weighted by Gasteiger charge is 2.36. The highest BCUT2D eigenvalue weighted by atomic mass is 16.5. The summed E-state index contributed by atoms with van der Waals surface area (Å²) >= 11 is 0. The molecule has 1 heterocycles. The number of amides is 4. The van der Waals surface area contributed by atoms with Crippen LogP contribution in [0.5, 0.6) is 0 Å². The lowest BCUT2D eigenvalue weighted by Crippen LogP contribution is -2.55. The first-order valence-electron chi connectivity index (χ1n) is 11.7. The maximum atomic E-state index is 13.0. The van der Waals surface area contributed by atoms with E-state index in [0.29, 0.717) is 25.8 Å². The number of benzene rings is 1. The number of hydrogen-bond acceptors (Lipinski definition) is 6. The second-order valence-electron chi connectivity index (χ2n) is 8.92. The van der Waals surface area contributed by atoms with Crippen LogP contribution in [0.15, 0.2) is 30.3 Å². The molecular formula is C24H34N4O7. The predicted octanol–water partition coefficient (Wildman–Crippen LogP) is 1.02. The number of ether oxygens (including phenoxy) is 1. The fourth-order valence-electron chi connectivity index (χ4n) is 3.71. The molecule has 0 radical (unpaired) electrons. The Kier molecular flexibility index (Phi) is 10.5. The van der Waals surface area contributed by atoms with Crippen molar-refractivity contribution in [2.45, 2.75) is 64.8 Å². The molecule has 1 saturated heterocycles. The van der Waals surface area contributed by atoms with Gasteiger partial charge in [-0.3, -0.25) is 19.2 Å². The average Bonchev–Trinajstić information content (AvgIpc) is 3.31. The van der Waals surface area contributed by atoms with Gasteiger partial charge in [-0.1, -0.05) is 44.2 Å². The van der Waals surface area contributed by atoms with E-state index in [1.807, 2.05) is 32.0 Å². The average molecular weight is 491 g/mol. The molecule has 0 aromatic heterocycles. The molecule has 0 bridgehead atoms. The molecule has 0 spiro atoms. The fraction of sp³-hybridized carbons (Fsp3) is 0.542. The minimum Gasteiger partial charge on any atom is -0.480 e. The minimum absolute atomic E-state index is 0.0543. The predicted molar refractivity (Wildman–Crippen MR) is 126 cm³/mol. The fourth-order valence-corrected chi connectivity index (χ4v) is 3.71. The molecule has 1 fully saturated rings. The summed E-state index contributed by atoms with van der Waals surface area (Å²) in [5.41, 5.74) is 0.808. The number of nitrogens with one attached hydrogen (secondary N) is 3. The molecule has 0 saturated carbocycles. The first kappa shape index (κ1) is 27.6. The number of carbonyl (C=O) groups excluding carboxylic acids is 4. The van der Waals surface area contributed by atoms with Crippen molar-refractivity contribution in [3.63, 3.8) is 0 Å². The van der Waals surface area contributed by atoms with Crippen molar-refractivity contribution in [3.8, 4) is 0 Å². The lowest BCUT2D eigenvalue weighted by atomic mass is 10.0. The van der Waals surface area contributed by atoms with Crippen LogP contribution in [-0.2, 0) is 30.5 Å². The molecule has 3 atom stereocenters. The zero-order chi connectivity index (χ0) is 26.0. The number of hydrogen-bond donors (Lipinski definition) is 4. The standard InChI is InChI=1S/C24H34N4O7/c1-15(2)12-18(21(30)26-16(3)23(32)33)27-22(31)19-10-7-11-28(19)20(29)13-25-24(34)35-14-17-8-5-4-6-9-17/h4-6,8-9,15-16,18-19H,7,10-14H2,1-3H3,(H,25,34)(H,26,30)(H,27,31)(H,32,33)/t16-,18-,19-/m0/s1.